The van der Waals surface area contributed by atoms with E-state index in [0.29, 0.717) is 0 Å². The number of benzene rings is 4. The van der Waals surface area contributed by atoms with E-state index in [-0.39, 0.29) is 10.8 Å². The van der Waals surface area contributed by atoms with Gasteiger partial charge in [-0.2, -0.15) is 0 Å². The molecule has 6 aliphatic rings. The third-order valence-electron chi connectivity index (χ3n) is 13.8. The van der Waals surface area contributed by atoms with Crippen molar-refractivity contribution in [3.63, 3.8) is 0 Å². The first-order valence-electron chi connectivity index (χ1n) is 20.6. The topological polar surface area (TPSA) is 6.48 Å². The van der Waals surface area contributed by atoms with Crippen LogP contribution in [0.4, 0.5) is 17.1 Å². The maximum Gasteiger partial charge on any atom is 0.0443 e. The Morgan fingerprint density at radius 2 is 1.39 bits per heavy atom. The van der Waals surface area contributed by atoms with E-state index in [9.17, 15) is 0 Å². The van der Waals surface area contributed by atoms with E-state index in [4.69, 9.17) is 0 Å². The van der Waals surface area contributed by atoms with Gasteiger partial charge in [-0.25, -0.2) is 0 Å². The molecule has 0 radical (unpaired) electrons. The van der Waals surface area contributed by atoms with Crippen molar-refractivity contribution < 1.29 is 0 Å². The Morgan fingerprint density at radius 3 is 2.15 bits per heavy atom. The molecule has 0 atom stereocenters. The molecule has 0 saturated heterocycles. The molecule has 54 heavy (non-hydrogen) atoms. The Hall–Kier alpha value is -5.08. The van der Waals surface area contributed by atoms with Crippen molar-refractivity contribution in [2.75, 3.05) is 22.9 Å². The summed E-state index contributed by atoms with van der Waals surface area (Å²) < 4.78 is 0. The molecule has 1 fully saturated rings. The Kier molecular flexibility index (Phi) is 7.91. The highest BCUT2D eigenvalue weighted by Crippen LogP contribution is 2.59. The van der Waals surface area contributed by atoms with Crippen molar-refractivity contribution in [3.8, 4) is 0 Å². The first-order chi connectivity index (χ1) is 26.3. The zero-order valence-corrected chi connectivity index (χ0v) is 32.2. The molecule has 270 valence electrons. The van der Waals surface area contributed by atoms with E-state index in [1.165, 1.54) is 107 Å². The van der Waals surface area contributed by atoms with Gasteiger partial charge in [0.05, 0.1) is 0 Å². The number of hydrogen-bond acceptors (Lipinski definition) is 2. The summed E-state index contributed by atoms with van der Waals surface area (Å²) in [6, 6.07) is 32.3. The number of rotatable bonds is 5. The maximum atomic E-state index is 4.62. The van der Waals surface area contributed by atoms with Crippen LogP contribution >= 0.6 is 0 Å². The molecule has 0 N–H and O–H groups in total. The fraction of sp³-hybridized carbons (Fsp3) is 0.308. The van der Waals surface area contributed by atoms with Crippen LogP contribution in [0, 0.1) is 0 Å². The lowest BCUT2D eigenvalue weighted by Gasteiger charge is -2.36. The van der Waals surface area contributed by atoms with Crippen LogP contribution in [0.3, 0.4) is 0 Å². The molecule has 10 rings (SSSR count). The highest BCUT2D eigenvalue weighted by molar-refractivity contribution is 5.91. The van der Waals surface area contributed by atoms with Gasteiger partial charge in [0.15, 0.2) is 0 Å². The zero-order chi connectivity index (χ0) is 36.6. The summed E-state index contributed by atoms with van der Waals surface area (Å²) in [4.78, 5) is 5.15. The van der Waals surface area contributed by atoms with Crippen LogP contribution in [0.15, 0.2) is 139 Å². The van der Waals surface area contributed by atoms with Gasteiger partial charge in [-0.3, -0.25) is 0 Å². The van der Waals surface area contributed by atoms with E-state index in [2.05, 4.69) is 146 Å². The van der Waals surface area contributed by atoms with Crippen LogP contribution in [0.25, 0.3) is 17.2 Å². The van der Waals surface area contributed by atoms with Gasteiger partial charge in [0.2, 0.25) is 0 Å². The standard InChI is InChI=1S/C52H52N2/c1-35(31-45-36(2)42-25-22-40(33-46(42)51(45,3)4)53-29-11-15-38-13-5-7-17-49(38)53)19-20-37-21-24-43-44-26-23-41(54-30-12-16-39-14-6-8-18-50(39)54)34-48(44)52(47(43)32-37)27-9-10-28-52/h5-8,13-14,17-22,24-25,31-34H,1-2,9-12,15-16,23,26-30H2,3-4H3/b20-19+,45-31+. The van der Waals surface area contributed by atoms with Crippen molar-refractivity contribution in [1.82, 2.24) is 0 Å². The van der Waals surface area contributed by atoms with Gasteiger partial charge in [0.25, 0.3) is 0 Å². The first-order valence-corrected chi connectivity index (χ1v) is 20.6. The molecule has 0 aromatic heterocycles. The number of fused-ring (bicyclic) bond motifs is 7. The summed E-state index contributed by atoms with van der Waals surface area (Å²) >= 11 is 0. The number of para-hydroxylation sites is 2. The van der Waals surface area contributed by atoms with Crippen molar-refractivity contribution >= 4 is 34.3 Å². The third kappa shape index (κ3) is 5.20. The second kappa shape index (κ2) is 12.8. The summed E-state index contributed by atoms with van der Waals surface area (Å²) in [7, 11) is 0. The lowest BCUT2D eigenvalue weighted by molar-refractivity contribution is 0.541. The Balaban J connectivity index is 0.914. The fourth-order valence-electron chi connectivity index (χ4n) is 11.1. The monoisotopic (exact) mass is 704 g/mol. The lowest BCUT2D eigenvalue weighted by atomic mass is 9.74. The van der Waals surface area contributed by atoms with Crippen molar-refractivity contribution in [1.29, 1.82) is 0 Å². The summed E-state index contributed by atoms with van der Waals surface area (Å²) in [5.74, 6) is 0. The second-order valence-corrected chi connectivity index (χ2v) is 17.2. The SMILES string of the molecule is C=C(/C=C1\C(=C)c2ccc(N3CCCc4ccccc43)cc2C1(C)C)/C=C/c1ccc2c(c1)C1(CCCC1)C1=C2CCC(N2CCCc3ccccc32)=C1. The number of nitrogens with zero attached hydrogens (tertiary/aromatic N) is 2. The van der Waals surface area contributed by atoms with Gasteiger partial charge in [-0.1, -0.05) is 119 Å². The van der Waals surface area contributed by atoms with Crippen LogP contribution in [-0.4, -0.2) is 13.1 Å². The minimum atomic E-state index is -0.162. The zero-order valence-electron chi connectivity index (χ0n) is 32.2. The molecule has 1 saturated carbocycles. The van der Waals surface area contributed by atoms with Gasteiger partial charge in [-0.05, 0) is 149 Å². The number of hydrogen-bond donors (Lipinski definition) is 0. The average Bonchev–Trinajstić information content (AvgIpc) is 3.86. The highest BCUT2D eigenvalue weighted by Gasteiger charge is 2.47. The first kappa shape index (κ1) is 33.5. The molecule has 2 aliphatic heterocycles. The molecule has 2 heterocycles. The maximum absolute atomic E-state index is 4.62. The molecule has 4 aliphatic carbocycles. The number of allylic oxidation sites excluding steroid dienone is 9. The van der Waals surface area contributed by atoms with E-state index in [1.807, 2.05) is 0 Å². The summed E-state index contributed by atoms with van der Waals surface area (Å²) in [5.41, 5.74) is 22.1. The van der Waals surface area contributed by atoms with Gasteiger partial charge >= 0.3 is 0 Å². The van der Waals surface area contributed by atoms with Crippen molar-refractivity contribution in [2.24, 2.45) is 0 Å². The third-order valence-corrected chi connectivity index (χ3v) is 13.8. The van der Waals surface area contributed by atoms with Crippen molar-refractivity contribution in [2.45, 2.75) is 88.9 Å². The molecular formula is C52H52N2. The lowest BCUT2D eigenvalue weighted by Crippen LogP contribution is -2.30. The largest absolute Gasteiger partial charge is 0.345 e. The van der Waals surface area contributed by atoms with Crippen LogP contribution in [0.5, 0.6) is 0 Å². The normalized spacial score (nSPS) is 21.3. The average molecular weight is 705 g/mol. The fourth-order valence-corrected chi connectivity index (χ4v) is 11.1. The Morgan fingerprint density at radius 1 is 0.704 bits per heavy atom. The van der Waals surface area contributed by atoms with E-state index in [1.54, 1.807) is 16.7 Å². The van der Waals surface area contributed by atoms with Crippen LogP contribution in [-0.2, 0) is 23.7 Å². The second-order valence-electron chi connectivity index (χ2n) is 17.2. The van der Waals surface area contributed by atoms with Gasteiger partial charge in [0.1, 0.15) is 0 Å². The highest BCUT2D eigenvalue weighted by atomic mass is 15.2. The van der Waals surface area contributed by atoms with Gasteiger partial charge < -0.3 is 9.80 Å². The predicted octanol–water partition coefficient (Wildman–Crippen LogP) is 13.0. The molecule has 0 unspecified atom stereocenters. The van der Waals surface area contributed by atoms with Crippen LogP contribution in [0.2, 0.25) is 0 Å². The van der Waals surface area contributed by atoms with Crippen molar-refractivity contribution in [3.05, 3.63) is 178 Å². The van der Waals surface area contributed by atoms with Gasteiger partial charge in [-0.15, -0.1) is 0 Å². The van der Waals surface area contributed by atoms with E-state index < -0.39 is 0 Å². The molecule has 0 bridgehead atoms. The van der Waals surface area contributed by atoms with E-state index >= 15 is 0 Å². The number of aryl methyl sites for hydroxylation is 2. The molecule has 4 aromatic rings. The smallest absolute Gasteiger partial charge is 0.0443 e. The molecule has 4 aromatic carbocycles. The minimum absolute atomic E-state index is 0.154. The Bertz CT molecular complexity index is 2370. The van der Waals surface area contributed by atoms with Crippen LogP contribution < -0.4 is 9.80 Å². The molecule has 2 heteroatoms. The predicted molar refractivity (Wildman–Crippen MR) is 229 cm³/mol. The molecule has 0 amide bonds. The van der Waals surface area contributed by atoms with Crippen LogP contribution in [0.1, 0.15) is 104 Å². The summed E-state index contributed by atoms with van der Waals surface area (Å²) in [6.07, 6.45) is 21.6. The molecule has 2 nitrogen and oxygen atoms in total. The minimum Gasteiger partial charge on any atom is -0.345 e. The summed E-state index contributed by atoms with van der Waals surface area (Å²) in [6.45, 7) is 16.1. The molecular weight excluding hydrogens is 653 g/mol. The molecule has 1 spiro atoms. The Labute approximate surface area is 322 Å². The summed E-state index contributed by atoms with van der Waals surface area (Å²) in [5, 5.41) is 0. The van der Waals surface area contributed by atoms with Gasteiger partial charge in [0, 0.05) is 46.7 Å². The quantitative estimate of drug-likeness (QED) is 0.191. The van der Waals surface area contributed by atoms with E-state index in [0.717, 1.165) is 43.5 Å². The number of anilines is 3.